The molecule has 0 fully saturated rings. The van der Waals surface area contributed by atoms with E-state index in [1.807, 2.05) is 0 Å². The molecule has 0 N–H and O–H groups in total. The summed E-state index contributed by atoms with van der Waals surface area (Å²) < 4.78 is 4.46. The normalized spacial score (nSPS) is 6.60. The molecule has 0 aliphatic heterocycles. The van der Waals surface area contributed by atoms with E-state index >= 15 is 0 Å². The van der Waals surface area contributed by atoms with Crippen molar-refractivity contribution in [1.29, 1.82) is 0 Å². The van der Waals surface area contributed by atoms with E-state index in [9.17, 15) is 0 Å². The Bertz CT molecular complexity index is 28.1. The molecule has 0 saturated heterocycles. The van der Waals surface area contributed by atoms with Crippen molar-refractivity contribution in [3.8, 4) is 0 Å². The molecule has 2 heteroatoms. The van der Waals surface area contributed by atoms with Crippen LogP contribution in [0, 0.1) is 0 Å². The van der Waals surface area contributed by atoms with Gasteiger partial charge in [0.15, 0.2) is 0 Å². The molecule has 30 valence electrons. The Kier molecular flexibility index (Phi) is 3.80. The summed E-state index contributed by atoms with van der Waals surface area (Å²) in [5, 5.41) is 0. The van der Waals surface area contributed by atoms with Crippen molar-refractivity contribution >= 4 is 12.6 Å². The maximum Gasteiger partial charge on any atom is 0.130 e. The Morgan fingerprint density at radius 1 is 2.00 bits per heavy atom. The molecule has 1 nitrogen and oxygen atoms in total. The van der Waals surface area contributed by atoms with Crippen LogP contribution in [0.15, 0.2) is 12.8 Å². The number of hydrogen-bond acceptors (Lipinski definition) is 2. The third-order valence-electron chi connectivity index (χ3n) is 0.192. The first-order valence-electron chi connectivity index (χ1n) is 1.25. The van der Waals surface area contributed by atoms with Gasteiger partial charge in [0.1, 0.15) is 5.94 Å². The topological polar surface area (TPSA) is 9.23 Å². The molecule has 5 heavy (non-hydrogen) atoms. The Hall–Kier alpha value is -0.110. The summed E-state index contributed by atoms with van der Waals surface area (Å²) in [4.78, 5) is 0. The molecule has 0 aliphatic carbocycles. The lowest BCUT2D eigenvalue weighted by molar-refractivity contribution is 0.320. The molecule has 0 atom stereocenters. The van der Waals surface area contributed by atoms with Crippen LogP contribution in [0.5, 0.6) is 0 Å². The van der Waals surface area contributed by atoms with Crippen molar-refractivity contribution in [2.24, 2.45) is 0 Å². The lowest BCUT2D eigenvalue weighted by atomic mass is 11.2. The highest BCUT2D eigenvalue weighted by atomic mass is 32.1. The molecule has 0 unspecified atom stereocenters. The van der Waals surface area contributed by atoms with Crippen LogP contribution in [0.4, 0.5) is 0 Å². The van der Waals surface area contributed by atoms with E-state index < -0.39 is 0 Å². The molecule has 0 radical (unpaired) electrons. The van der Waals surface area contributed by atoms with E-state index in [1.54, 1.807) is 0 Å². The van der Waals surface area contributed by atoms with Gasteiger partial charge in [0.2, 0.25) is 0 Å². The van der Waals surface area contributed by atoms with Crippen LogP contribution < -0.4 is 0 Å². The summed E-state index contributed by atoms with van der Waals surface area (Å²) in [5.74, 6) is 0.420. The zero-order chi connectivity index (χ0) is 4.12. The molecule has 0 bridgehead atoms. The summed E-state index contributed by atoms with van der Waals surface area (Å²) in [6, 6.07) is 0. The highest BCUT2D eigenvalue weighted by Gasteiger charge is 1.56. The van der Waals surface area contributed by atoms with Crippen molar-refractivity contribution in [2.75, 3.05) is 5.94 Å². The minimum atomic E-state index is 0.420. The van der Waals surface area contributed by atoms with Crippen LogP contribution >= 0.6 is 12.6 Å². The number of ether oxygens (including phenoxy) is 1. The summed E-state index contributed by atoms with van der Waals surface area (Å²) in [7, 11) is 0. The SMILES string of the molecule is C=COCS. The molecule has 0 rings (SSSR count). The van der Waals surface area contributed by atoms with E-state index in [0.717, 1.165) is 0 Å². The monoisotopic (exact) mass is 90.0 g/mol. The highest BCUT2D eigenvalue weighted by molar-refractivity contribution is 7.80. The molecule has 0 aliphatic rings. The van der Waals surface area contributed by atoms with Gasteiger partial charge in [-0.2, -0.15) is 0 Å². The summed E-state index contributed by atoms with van der Waals surface area (Å²) in [5.41, 5.74) is 0. The minimum absolute atomic E-state index is 0.420. The van der Waals surface area contributed by atoms with Gasteiger partial charge >= 0.3 is 0 Å². The molecular formula is C3H6OS. The van der Waals surface area contributed by atoms with E-state index in [2.05, 4.69) is 23.9 Å². The quantitative estimate of drug-likeness (QED) is 0.303. The van der Waals surface area contributed by atoms with Gasteiger partial charge in [0.25, 0.3) is 0 Å². The van der Waals surface area contributed by atoms with Gasteiger partial charge in [-0.25, -0.2) is 0 Å². The zero-order valence-electron chi connectivity index (χ0n) is 2.85. The lowest BCUT2D eigenvalue weighted by Crippen LogP contribution is -1.67. The number of thiol groups is 1. The fourth-order valence-electron chi connectivity index (χ4n) is 0.0527. The smallest absolute Gasteiger partial charge is 0.130 e. The Balaban J connectivity index is 2.40. The first kappa shape index (κ1) is 4.89. The summed E-state index contributed by atoms with van der Waals surface area (Å²) in [6.07, 6.45) is 1.35. The van der Waals surface area contributed by atoms with E-state index in [4.69, 9.17) is 0 Å². The van der Waals surface area contributed by atoms with Gasteiger partial charge in [0, 0.05) is 0 Å². The van der Waals surface area contributed by atoms with Crippen LogP contribution in [0.1, 0.15) is 0 Å². The van der Waals surface area contributed by atoms with Gasteiger partial charge in [-0.15, -0.1) is 12.6 Å². The fourth-order valence-corrected chi connectivity index (χ4v) is 0.158. The lowest BCUT2D eigenvalue weighted by Gasteiger charge is -1.83. The maximum absolute atomic E-state index is 4.46. The van der Waals surface area contributed by atoms with Gasteiger partial charge in [0.05, 0.1) is 6.26 Å². The zero-order valence-corrected chi connectivity index (χ0v) is 3.74. The second-order valence-corrected chi connectivity index (χ2v) is 0.721. The van der Waals surface area contributed by atoms with Crippen molar-refractivity contribution in [3.05, 3.63) is 12.8 Å². The second kappa shape index (κ2) is 3.89. The second-order valence-electron chi connectivity index (χ2n) is 0.462. The summed E-state index contributed by atoms with van der Waals surface area (Å²) in [6.45, 7) is 3.28. The predicted octanol–water partition coefficient (Wildman–Crippen LogP) is 1.03. The Morgan fingerprint density at radius 2 is 2.60 bits per heavy atom. The van der Waals surface area contributed by atoms with Crippen LogP contribution in [-0.4, -0.2) is 5.94 Å². The van der Waals surface area contributed by atoms with Crippen LogP contribution in [0.25, 0.3) is 0 Å². The average molecular weight is 90.1 g/mol. The predicted molar refractivity (Wildman–Crippen MR) is 25.1 cm³/mol. The summed E-state index contributed by atoms with van der Waals surface area (Å²) >= 11 is 3.71. The largest absolute Gasteiger partial charge is 0.491 e. The van der Waals surface area contributed by atoms with Gasteiger partial charge in [-0.1, -0.05) is 6.58 Å². The Morgan fingerprint density at radius 3 is 2.60 bits per heavy atom. The minimum Gasteiger partial charge on any atom is -0.491 e. The molecular weight excluding hydrogens is 84.1 g/mol. The molecule has 0 aromatic heterocycles. The van der Waals surface area contributed by atoms with Crippen LogP contribution in [-0.2, 0) is 4.74 Å². The first-order chi connectivity index (χ1) is 2.41. The highest BCUT2D eigenvalue weighted by Crippen LogP contribution is 1.73. The average Bonchev–Trinajstić information content (AvgIpc) is 1.41. The van der Waals surface area contributed by atoms with E-state index in [1.165, 1.54) is 6.26 Å². The van der Waals surface area contributed by atoms with Crippen molar-refractivity contribution in [2.45, 2.75) is 0 Å². The van der Waals surface area contributed by atoms with Crippen LogP contribution in [0.2, 0.25) is 0 Å². The van der Waals surface area contributed by atoms with Gasteiger partial charge in [-0.05, 0) is 0 Å². The fraction of sp³-hybridized carbons (Fsp3) is 0.333. The standard InChI is InChI=1S/C3H6OS/c1-2-4-3-5/h2,5H,1,3H2. The number of hydrogen-bond donors (Lipinski definition) is 1. The third kappa shape index (κ3) is 3.89. The Labute approximate surface area is 37.0 Å². The number of rotatable bonds is 2. The third-order valence-corrected chi connectivity index (χ3v) is 0.341. The van der Waals surface area contributed by atoms with Crippen molar-refractivity contribution in [1.82, 2.24) is 0 Å². The van der Waals surface area contributed by atoms with Crippen molar-refractivity contribution < 1.29 is 4.74 Å². The molecule has 0 spiro atoms. The van der Waals surface area contributed by atoms with Crippen molar-refractivity contribution in [3.63, 3.8) is 0 Å². The molecule has 0 aromatic carbocycles. The first-order valence-corrected chi connectivity index (χ1v) is 1.88. The van der Waals surface area contributed by atoms with E-state index in [-0.39, 0.29) is 0 Å². The maximum atomic E-state index is 4.46. The molecule has 0 amide bonds. The van der Waals surface area contributed by atoms with Gasteiger partial charge < -0.3 is 4.74 Å². The molecule has 0 heterocycles. The van der Waals surface area contributed by atoms with Gasteiger partial charge in [-0.3, -0.25) is 0 Å². The molecule has 0 aromatic rings. The molecule has 0 saturated carbocycles. The van der Waals surface area contributed by atoms with Crippen LogP contribution in [0.3, 0.4) is 0 Å². The van der Waals surface area contributed by atoms with E-state index in [0.29, 0.717) is 5.94 Å².